The Hall–Kier alpha value is -1.89. The number of nitrogens with zero attached hydrogens (tertiary/aromatic N) is 2. The fourth-order valence-electron chi connectivity index (χ4n) is 1.18. The summed E-state index contributed by atoms with van der Waals surface area (Å²) in [5.41, 5.74) is 11.0. The first-order chi connectivity index (χ1) is 7.47. The van der Waals surface area contributed by atoms with Crippen LogP contribution in [-0.2, 0) is 16.1 Å². The molecule has 0 radical (unpaired) electrons. The maximum atomic E-state index is 11.3. The first kappa shape index (κ1) is 12.2. The van der Waals surface area contributed by atoms with Gasteiger partial charge in [0.25, 0.3) is 0 Å². The van der Waals surface area contributed by atoms with Crippen LogP contribution in [0.1, 0.15) is 13.3 Å². The van der Waals surface area contributed by atoms with Gasteiger partial charge in [-0.3, -0.25) is 14.3 Å². The van der Waals surface area contributed by atoms with Crippen molar-refractivity contribution in [1.29, 1.82) is 0 Å². The molecule has 5 N–H and O–H groups in total. The summed E-state index contributed by atoms with van der Waals surface area (Å²) >= 11 is 0. The first-order valence-electron chi connectivity index (χ1n) is 4.83. The van der Waals surface area contributed by atoms with E-state index in [9.17, 15) is 9.59 Å². The zero-order valence-corrected chi connectivity index (χ0v) is 9.01. The number of nitrogens with two attached hydrogens (primary N) is 2. The van der Waals surface area contributed by atoms with Gasteiger partial charge in [0, 0.05) is 18.7 Å². The van der Waals surface area contributed by atoms with Crippen LogP contribution in [0.15, 0.2) is 12.4 Å². The smallest absolute Gasteiger partial charge is 0.239 e. The second-order valence-electron chi connectivity index (χ2n) is 3.62. The molecule has 88 valence electrons. The highest BCUT2D eigenvalue weighted by atomic mass is 16.2. The van der Waals surface area contributed by atoms with E-state index in [1.807, 2.05) is 0 Å². The van der Waals surface area contributed by atoms with E-state index >= 15 is 0 Å². The van der Waals surface area contributed by atoms with Crippen molar-refractivity contribution in [3.8, 4) is 0 Å². The van der Waals surface area contributed by atoms with Gasteiger partial charge in [-0.05, 0) is 6.92 Å². The molecule has 2 amide bonds. The number of amides is 2. The van der Waals surface area contributed by atoms with Crippen LogP contribution < -0.4 is 16.8 Å². The van der Waals surface area contributed by atoms with Crippen LogP contribution in [-0.4, -0.2) is 27.6 Å². The molecule has 1 atom stereocenters. The third-order valence-electron chi connectivity index (χ3n) is 1.74. The molecule has 0 aliphatic heterocycles. The van der Waals surface area contributed by atoms with Gasteiger partial charge in [-0.1, -0.05) is 0 Å². The van der Waals surface area contributed by atoms with Crippen molar-refractivity contribution in [3.05, 3.63) is 12.4 Å². The summed E-state index contributed by atoms with van der Waals surface area (Å²) in [7, 11) is 0. The molecule has 1 unspecified atom stereocenters. The van der Waals surface area contributed by atoms with Crippen LogP contribution in [0.4, 0.5) is 5.69 Å². The third-order valence-corrected chi connectivity index (χ3v) is 1.74. The van der Waals surface area contributed by atoms with E-state index < -0.39 is 5.91 Å². The molecule has 0 fully saturated rings. The highest BCUT2D eigenvalue weighted by molar-refractivity contribution is 5.90. The molecule has 1 heterocycles. The second kappa shape index (κ2) is 5.26. The molecule has 0 aromatic carbocycles. The Balaban J connectivity index is 2.51. The van der Waals surface area contributed by atoms with Crippen molar-refractivity contribution >= 4 is 17.5 Å². The highest BCUT2D eigenvalue weighted by Gasteiger charge is 2.07. The van der Waals surface area contributed by atoms with E-state index in [-0.39, 0.29) is 24.9 Å². The standard InChI is InChI=1S/C9H15N5O2/c1-6(10)2-9(16)13-7-3-12-14(4-7)5-8(11)15/h3-4,6H,2,5,10H2,1H3,(H2,11,15)(H,13,16). The lowest BCUT2D eigenvalue weighted by atomic mass is 10.2. The fourth-order valence-corrected chi connectivity index (χ4v) is 1.18. The number of carbonyl (C=O) groups excluding carboxylic acids is 2. The number of anilines is 1. The molecule has 1 rings (SSSR count). The van der Waals surface area contributed by atoms with Crippen LogP contribution in [0.2, 0.25) is 0 Å². The van der Waals surface area contributed by atoms with E-state index in [1.54, 1.807) is 6.92 Å². The Morgan fingerprint density at radius 3 is 2.88 bits per heavy atom. The zero-order chi connectivity index (χ0) is 12.1. The van der Waals surface area contributed by atoms with E-state index in [2.05, 4.69) is 10.4 Å². The quantitative estimate of drug-likeness (QED) is 0.598. The van der Waals surface area contributed by atoms with Crippen LogP contribution in [0.3, 0.4) is 0 Å². The number of aromatic nitrogens is 2. The Kier molecular flexibility index (Phi) is 4.01. The number of primary amides is 1. The minimum atomic E-state index is -0.489. The van der Waals surface area contributed by atoms with Gasteiger partial charge in [-0.2, -0.15) is 5.10 Å². The van der Waals surface area contributed by atoms with Gasteiger partial charge in [0.2, 0.25) is 11.8 Å². The average molecular weight is 225 g/mol. The SMILES string of the molecule is CC(N)CC(=O)Nc1cnn(CC(N)=O)c1. The Morgan fingerprint density at radius 2 is 2.31 bits per heavy atom. The molecular weight excluding hydrogens is 210 g/mol. The topological polar surface area (TPSA) is 116 Å². The Bertz CT molecular complexity index is 385. The Morgan fingerprint density at radius 1 is 1.62 bits per heavy atom. The molecule has 16 heavy (non-hydrogen) atoms. The summed E-state index contributed by atoms with van der Waals surface area (Å²) < 4.78 is 1.35. The molecule has 7 nitrogen and oxygen atoms in total. The van der Waals surface area contributed by atoms with Gasteiger partial charge >= 0.3 is 0 Å². The molecule has 0 aliphatic rings. The van der Waals surface area contributed by atoms with E-state index in [0.29, 0.717) is 5.69 Å². The van der Waals surface area contributed by atoms with Gasteiger partial charge in [-0.15, -0.1) is 0 Å². The lowest BCUT2D eigenvalue weighted by Gasteiger charge is -2.04. The molecule has 0 spiro atoms. The monoisotopic (exact) mass is 225 g/mol. The normalized spacial score (nSPS) is 12.1. The third kappa shape index (κ3) is 4.09. The average Bonchev–Trinajstić information content (AvgIpc) is 2.49. The molecule has 0 saturated carbocycles. The number of nitrogens with one attached hydrogen (secondary N) is 1. The number of hydrogen-bond acceptors (Lipinski definition) is 4. The van der Waals surface area contributed by atoms with Gasteiger partial charge < -0.3 is 16.8 Å². The maximum absolute atomic E-state index is 11.3. The van der Waals surface area contributed by atoms with Crippen molar-refractivity contribution in [2.75, 3.05) is 5.32 Å². The fraction of sp³-hybridized carbons (Fsp3) is 0.444. The second-order valence-corrected chi connectivity index (χ2v) is 3.62. The summed E-state index contributed by atoms with van der Waals surface area (Å²) in [6, 6.07) is -0.194. The van der Waals surface area contributed by atoms with Crippen LogP contribution in [0, 0.1) is 0 Å². The number of hydrogen-bond donors (Lipinski definition) is 3. The van der Waals surface area contributed by atoms with Crippen molar-refractivity contribution < 1.29 is 9.59 Å². The molecule has 1 aromatic rings. The van der Waals surface area contributed by atoms with Crippen molar-refractivity contribution in [2.45, 2.75) is 25.9 Å². The van der Waals surface area contributed by atoms with Gasteiger partial charge in [0.1, 0.15) is 6.54 Å². The summed E-state index contributed by atoms with van der Waals surface area (Å²) in [6.07, 6.45) is 3.22. The number of carbonyl (C=O) groups is 2. The summed E-state index contributed by atoms with van der Waals surface area (Å²) in [5.74, 6) is -0.676. The minimum absolute atomic E-state index is 0.0108. The molecule has 1 aromatic heterocycles. The van der Waals surface area contributed by atoms with Crippen LogP contribution in [0.25, 0.3) is 0 Å². The van der Waals surface area contributed by atoms with Gasteiger partial charge in [0.05, 0.1) is 11.9 Å². The predicted molar refractivity (Wildman–Crippen MR) is 58.3 cm³/mol. The van der Waals surface area contributed by atoms with E-state index in [1.165, 1.54) is 17.1 Å². The largest absolute Gasteiger partial charge is 0.368 e. The lowest BCUT2D eigenvalue weighted by Crippen LogP contribution is -2.23. The predicted octanol–water partition coefficient (Wildman–Crippen LogP) is -0.956. The minimum Gasteiger partial charge on any atom is -0.368 e. The van der Waals surface area contributed by atoms with E-state index in [0.717, 1.165) is 0 Å². The van der Waals surface area contributed by atoms with Gasteiger partial charge in [0.15, 0.2) is 0 Å². The highest BCUT2D eigenvalue weighted by Crippen LogP contribution is 2.05. The summed E-state index contributed by atoms with van der Waals surface area (Å²) in [5, 5.41) is 6.47. The van der Waals surface area contributed by atoms with Crippen LogP contribution in [0.5, 0.6) is 0 Å². The lowest BCUT2D eigenvalue weighted by molar-refractivity contribution is -0.119. The number of rotatable bonds is 5. The summed E-state index contributed by atoms with van der Waals surface area (Å²) in [6.45, 7) is 1.74. The molecule has 0 aliphatic carbocycles. The summed E-state index contributed by atoms with van der Waals surface area (Å²) in [4.78, 5) is 21.9. The molecule has 0 bridgehead atoms. The maximum Gasteiger partial charge on any atom is 0.239 e. The molecule has 7 heteroatoms. The first-order valence-corrected chi connectivity index (χ1v) is 4.83. The van der Waals surface area contributed by atoms with E-state index in [4.69, 9.17) is 11.5 Å². The van der Waals surface area contributed by atoms with Crippen molar-refractivity contribution in [3.63, 3.8) is 0 Å². The van der Waals surface area contributed by atoms with Crippen molar-refractivity contribution in [1.82, 2.24) is 9.78 Å². The molecular formula is C9H15N5O2. The molecule has 0 saturated heterocycles. The Labute approximate surface area is 92.8 Å². The zero-order valence-electron chi connectivity index (χ0n) is 9.01. The van der Waals surface area contributed by atoms with Crippen molar-refractivity contribution in [2.24, 2.45) is 11.5 Å². The van der Waals surface area contributed by atoms with Gasteiger partial charge in [-0.25, -0.2) is 0 Å². The van der Waals surface area contributed by atoms with Crippen LogP contribution >= 0.6 is 0 Å².